The van der Waals surface area contributed by atoms with Gasteiger partial charge in [-0.15, -0.1) is 0 Å². The zero-order chi connectivity index (χ0) is 15.4. The first-order valence-corrected chi connectivity index (χ1v) is 6.04. The Morgan fingerprint density at radius 2 is 1.95 bits per heavy atom. The van der Waals surface area contributed by atoms with Crippen LogP contribution in [0.2, 0.25) is 0 Å². The number of para-hydroxylation sites is 1. The number of benzene rings is 1. The summed E-state index contributed by atoms with van der Waals surface area (Å²) >= 11 is 0. The highest BCUT2D eigenvalue weighted by Gasteiger charge is 2.23. The standard InChI is InChI=1S/C13H12N2O6/c16-11(14-9(13(19)20)6-12(17)18)5-8-7-3-1-2-4-10(7)21-15-8/h1-4,9H,5-6H2,(H,14,16)(H,17,18)(H,19,20). The lowest BCUT2D eigenvalue weighted by molar-refractivity contribution is -0.147. The Kier molecular flexibility index (Phi) is 4.17. The summed E-state index contributed by atoms with van der Waals surface area (Å²) in [4.78, 5) is 33.2. The third kappa shape index (κ3) is 3.56. The topological polar surface area (TPSA) is 130 Å². The number of carbonyl (C=O) groups excluding carboxylic acids is 1. The Hall–Kier alpha value is -2.90. The summed E-state index contributed by atoms with van der Waals surface area (Å²) in [5, 5.41) is 24.0. The van der Waals surface area contributed by atoms with Crippen LogP contribution in [0.15, 0.2) is 28.8 Å². The van der Waals surface area contributed by atoms with Crippen molar-refractivity contribution in [2.24, 2.45) is 0 Å². The van der Waals surface area contributed by atoms with Crippen LogP contribution >= 0.6 is 0 Å². The largest absolute Gasteiger partial charge is 0.481 e. The Morgan fingerprint density at radius 3 is 2.62 bits per heavy atom. The number of nitrogens with zero attached hydrogens (tertiary/aromatic N) is 1. The van der Waals surface area contributed by atoms with Crippen LogP contribution < -0.4 is 5.32 Å². The van der Waals surface area contributed by atoms with Crippen LogP contribution in [-0.4, -0.2) is 39.3 Å². The molecule has 8 heteroatoms. The number of carbonyl (C=O) groups is 3. The van der Waals surface area contributed by atoms with Gasteiger partial charge < -0.3 is 20.1 Å². The fourth-order valence-corrected chi connectivity index (χ4v) is 1.84. The monoisotopic (exact) mass is 292 g/mol. The molecule has 0 spiro atoms. The van der Waals surface area contributed by atoms with Crippen molar-refractivity contribution >= 4 is 28.8 Å². The van der Waals surface area contributed by atoms with Gasteiger partial charge in [-0.2, -0.15) is 0 Å². The second-order valence-corrected chi connectivity index (χ2v) is 4.36. The summed E-state index contributed by atoms with van der Waals surface area (Å²) in [5.41, 5.74) is 0.878. The third-order valence-electron chi connectivity index (χ3n) is 2.79. The quantitative estimate of drug-likeness (QED) is 0.703. The number of carboxylic acids is 2. The summed E-state index contributed by atoms with van der Waals surface area (Å²) < 4.78 is 5.03. The first-order valence-electron chi connectivity index (χ1n) is 6.04. The molecule has 110 valence electrons. The van der Waals surface area contributed by atoms with Gasteiger partial charge in [0.25, 0.3) is 0 Å². The van der Waals surface area contributed by atoms with E-state index < -0.39 is 30.3 Å². The molecular formula is C13H12N2O6. The van der Waals surface area contributed by atoms with E-state index in [0.717, 1.165) is 0 Å². The number of hydrogen-bond acceptors (Lipinski definition) is 5. The van der Waals surface area contributed by atoms with Crippen molar-refractivity contribution in [3.63, 3.8) is 0 Å². The Balaban J connectivity index is 2.07. The van der Waals surface area contributed by atoms with E-state index in [1.807, 2.05) is 0 Å². The minimum atomic E-state index is -1.48. The molecule has 0 saturated carbocycles. The molecule has 1 aromatic carbocycles. The highest BCUT2D eigenvalue weighted by atomic mass is 16.5. The number of fused-ring (bicyclic) bond motifs is 1. The summed E-state index contributed by atoms with van der Waals surface area (Å²) in [6.45, 7) is 0. The van der Waals surface area contributed by atoms with Crippen molar-refractivity contribution in [3.05, 3.63) is 30.0 Å². The van der Waals surface area contributed by atoms with Crippen molar-refractivity contribution in [1.29, 1.82) is 0 Å². The maximum absolute atomic E-state index is 11.8. The average molecular weight is 292 g/mol. The molecule has 1 heterocycles. The minimum absolute atomic E-state index is 0.194. The van der Waals surface area contributed by atoms with Gasteiger partial charge in [0.1, 0.15) is 11.7 Å². The Labute approximate surface area is 118 Å². The van der Waals surface area contributed by atoms with E-state index in [0.29, 0.717) is 16.7 Å². The molecule has 0 aliphatic heterocycles. The van der Waals surface area contributed by atoms with Crippen molar-refractivity contribution in [2.45, 2.75) is 18.9 Å². The Bertz CT molecular complexity index is 693. The van der Waals surface area contributed by atoms with E-state index in [1.165, 1.54) is 0 Å². The molecule has 21 heavy (non-hydrogen) atoms. The zero-order valence-electron chi connectivity index (χ0n) is 10.8. The molecule has 0 aliphatic rings. The normalized spacial score (nSPS) is 12.0. The maximum Gasteiger partial charge on any atom is 0.326 e. The molecule has 8 nitrogen and oxygen atoms in total. The summed E-state index contributed by atoms with van der Waals surface area (Å²) in [5.74, 6) is -3.35. The van der Waals surface area contributed by atoms with Crippen LogP contribution in [0.5, 0.6) is 0 Å². The van der Waals surface area contributed by atoms with Gasteiger partial charge in [0.05, 0.1) is 12.8 Å². The summed E-state index contributed by atoms with van der Waals surface area (Å²) in [6, 6.07) is 5.44. The third-order valence-corrected chi connectivity index (χ3v) is 2.79. The van der Waals surface area contributed by atoms with Crippen molar-refractivity contribution in [1.82, 2.24) is 10.5 Å². The first kappa shape index (κ1) is 14.5. The fraction of sp³-hybridized carbons (Fsp3) is 0.231. The van der Waals surface area contributed by atoms with Gasteiger partial charge >= 0.3 is 11.9 Å². The lowest BCUT2D eigenvalue weighted by Crippen LogP contribution is -2.42. The molecule has 2 aromatic rings. The molecule has 0 aliphatic carbocycles. The lowest BCUT2D eigenvalue weighted by Gasteiger charge is -2.11. The molecule has 1 atom stereocenters. The summed E-state index contributed by atoms with van der Waals surface area (Å²) in [7, 11) is 0. The van der Waals surface area contributed by atoms with E-state index in [2.05, 4.69) is 10.5 Å². The average Bonchev–Trinajstić information content (AvgIpc) is 2.81. The van der Waals surface area contributed by atoms with Crippen LogP contribution in [-0.2, 0) is 20.8 Å². The lowest BCUT2D eigenvalue weighted by atomic mass is 10.1. The van der Waals surface area contributed by atoms with Crippen molar-refractivity contribution < 1.29 is 29.1 Å². The van der Waals surface area contributed by atoms with Crippen molar-refractivity contribution in [2.75, 3.05) is 0 Å². The van der Waals surface area contributed by atoms with Gasteiger partial charge in [0.15, 0.2) is 5.58 Å². The minimum Gasteiger partial charge on any atom is -0.481 e. The van der Waals surface area contributed by atoms with Gasteiger partial charge in [0.2, 0.25) is 5.91 Å². The van der Waals surface area contributed by atoms with Gasteiger partial charge in [-0.05, 0) is 12.1 Å². The molecule has 2 rings (SSSR count). The van der Waals surface area contributed by atoms with E-state index in [4.69, 9.17) is 14.7 Å². The molecule has 0 bridgehead atoms. The number of rotatable bonds is 6. The molecule has 0 radical (unpaired) electrons. The highest BCUT2D eigenvalue weighted by Crippen LogP contribution is 2.18. The summed E-state index contributed by atoms with van der Waals surface area (Å²) in [6.07, 6.45) is -0.888. The molecule has 1 amide bonds. The Morgan fingerprint density at radius 1 is 1.24 bits per heavy atom. The second kappa shape index (κ2) is 6.04. The van der Waals surface area contributed by atoms with E-state index in [-0.39, 0.29) is 6.42 Å². The first-order chi connectivity index (χ1) is 9.97. The van der Waals surface area contributed by atoms with Crippen LogP contribution in [0.1, 0.15) is 12.1 Å². The van der Waals surface area contributed by atoms with Gasteiger partial charge in [-0.3, -0.25) is 9.59 Å². The van der Waals surface area contributed by atoms with Crippen LogP contribution in [0, 0.1) is 0 Å². The molecule has 0 fully saturated rings. The zero-order valence-corrected chi connectivity index (χ0v) is 10.8. The van der Waals surface area contributed by atoms with Crippen LogP contribution in [0.25, 0.3) is 11.0 Å². The number of amides is 1. The smallest absolute Gasteiger partial charge is 0.326 e. The predicted octanol–water partition coefficient (Wildman–Crippen LogP) is 0.414. The number of aliphatic carboxylic acids is 2. The molecular weight excluding hydrogens is 280 g/mol. The fourth-order valence-electron chi connectivity index (χ4n) is 1.84. The van der Waals surface area contributed by atoms with Gasteiger partial charge in [-0.1, -0.05) is 17.3 Å². The second-order valence-electron chi connectivity index (χ2n) is 4.36. The number of aromatic nitrogens is 1. The number of carboxylic acid groups (broad SMARTS) is 2. The molecule has 3 N–H and O–H groups in total. The highest BCUT2D eigenvalue weighted by molar-refractivity contribution is 5.90. The van der Waals surface area contributed by atoms with E-state index in [9.17, 15) is 14.4 Å². The SMILES string of the molecule is O=C(O)CC(NC(=O)Cc1noc2ccccc12)C(=O)O. The molecule has 0 saturated heterocycles. The van der Waals surface area contributed by atoms with Crippen LogP contribution in [0.3, 0.4) is 0 Å². The molecule has 1 aromatic heterocycles. The van der Waals surface area contributed by atoms with E-state index >= 15 is 0 Å². The van der Waals surface area contributed by atoms with Crippen LogP contribution in [0.4, 0.5) is 0 Å². The molecule has 1 unspecified atom stereocenters. The van der Waals surface area contributed by atoms with Crippen molar-refractivity contribution in [3.8, 4) is 0 Å². The maximum atomic E-state index is 11.8. The van der Waals surface area contributed by atoms with Gasteiger partial charge in [-0.25, -0.2) is 4.79 Å². The van der Waals surface area contributed by atoms with Gasteiger partial charge in [0, 0.05) is 5.39 Å². The number of nitrogens with one attached hydrogen (secondary N) is 1. The number of hydrogen-bond donors (Lipinski definition) is 3. The van der Waals surface area contributed by atoms with E-state index in [1.54, 1.807) is 24.3 Å². The predicted molar refractivity (Wildman–Crippen MR) is 69.5 cm³/mol.